The second kappa shape index (κ2) is 6.28. The summed E-state index contributed by atoms with van der Waals surface area (Å²) in [6.07, 6.45) is 1.61. The summed E-state index contributed by atoms with van der Waals surface area (Å²) in [6, 6.07) is -0.510. The first kappa shape index (κ1) is 14.3. The highest BCUT2D eigenvalue weighted by atomic mass is 79.9. The quantitative estimate of drug-likeness (QED) is 0.808. The molecule has 17 heavy (non-hydrogen) atoms. The Labute approximate surface area is 109 Å². The average molecular weight is 304 g/mol. The van der Waals surface area contributed by atoms with Gasteiger partial charge in [-0.3, -0.25) is 9.48 Å². The first-order valence-electron chi connectivity index (χ1n) is 5.49. The zero-order chi connectivity index (χ0) is 13.0. The molecule has 2 N–H and O–H groups in total. The number of nitrogens with zero attached hydrogens (tertiary/aromatic N) is 2. The van der Waals surface area contributed by atoms with Crippen LogP contribution < -0.4 is 5.73 Å². The molecule has 0 aliphatic carbocycles. The Morgan fingerprint density at radius 2 is 2.29 bits per heavy atom. The summed E-state index contributed by atoms with van der Waals surface area (Å²) in [4.78, 5) is 12.2. The summed E-state index contributed by atoms with van der Waals surface area (Å²) < 4.78 is 7.28. The number of hydrogen-bond acceptors (Lipinski definition) is 4. The number of carbonyl (C=O) groups excluding carboxylic acids is 1. The second-order valence-corrected chi connectivity index (χ2v) is 5.05. The first-order valence-corrected chi connectivity index (χ1v) is 6.28. The van der Waals surface area contributed by atoms with Gasteiger partial charge < -0.3 is 10.5 Å². The maximum atomic E-state index is 12.2. The van der Waals surface area contributed by atoms with E-state index in [0.717, 1.165) is 0 Å². The number of hydrogen-bond donors (Lipinski definition) is 1. The van der Waals surface area contributed by atoms with Crippen LogP contribution in [0.15, 0.2) is 10.7 Å². The largest absolute Gasteiger partial charge is 0.383 e. The molecule has 0 saturated heterocycles. The fourth-order valence-electron chi connectivity index (χ4n) is 1.42. The molecule has 0 fully saturated rings. The summed E-state index contributed by atoms with van der Waals surface area (Å²) in [5, 5.41) is 4.13. The Kier molecular flexibility index (Phi) is 5.30. The molecule has 0 aromatic carbocycles. The van der Waals surface area contributed by atoms with Crippen molar-refractivity contribution in [2.24, 2.45) is 11.7 Å². The Hall–Kier alpha value is -0.720. The zero-order valence-electron chi connectivity index (χ0n) is 10.3. The van der Waals surface area contributed by atoms with E-state index in [9.17, 15) is 4.79 Å². The minimum Gasteiger partial charge on any atom is -0.383 e. The molecule has 0 amide bonds. The van der Waals surface area contributed by atoms with E-state index < -0.39 is 6.04 Å². The number of carbonyl (C=O) groups is 1. The number of ether oxygens (including phenoxy) is 1. The Morgan fingerprint density at radius 3 is 2.82 bits per heavy atom. The standard InChI is InChI=1S/C11H18BrN3O2/c1-7(2)9(13)11(16)10-8(12)6-14-15(10)4-5-17-3/h6-7,9H,4-5,13H2,1-3H3. The minimum atomic E-state index is -0.510. The van der Waals surface area contributed by atoms with E-state index in [-0.39, 0.29) is 11.7 Å². The van der Waals surface area contributed by atoms with Gasteiger partial charge in [0.1, 0.15) is 5.69 Å². The van der Waals surface area contributed by atoms with E-state index in [2.05, 4.69) is 21.0 Å². The number of halogens is 1. The lowest BCUT2D eigenvalue weighted by Crippen LogP contribution is -2.37. The molecule has 1 rings (SSSR count). The predicted molar refractivity (Wildman–Crippen MR) is 68.9 cm³/mol. The SMILES string of the molecule is COCCn1ncc(Br)c1C(=O)C(N)C(C)C. The number of rotatable bonds is 6. The number of Topliss-reactive ketones (excluding diaryl/α,β-unsaturated/α-hetero) is 1. The predicted octanol–water partition coefficient (Wildman–Crippen LogP) is 1.46. The smallest absolute Gasteiger partial charge is 0.198 e. The van der Waals surface area contributed by atoms with Crippen LogP contribution in [0.25, 0.3) is 0 Å². The maximum Gasteiger partial charge on any atom is 0.198 e. The van der Waals surface area contributed by atoms with Gasteiger partial charge in [0.05, 0.1) is 29.9 Å². The van der Waals surface area contributed by atoms with Crippen LogP contribution in [-0.4, -0.2) is 35.3 Å². The molecular formula is C11H18BrN3O2. The molecule has 1 aromatic heterocycles. The van der Waals surface area contributed by atoms with Crippen LogP contribution in [0.2, 0.25) is 0 Å². The van der Waals surface area contributed by atoms with Gasteiger partial charge in [0.25, 0.3) is 0 Å². The van der Waals surface area contributed by atoms with Crippen LogP contribution in [0.1, 0.15) is 24.3 Å². The first-order chi connectivity index (χ1) is 7.99. The second-order valence-electron chi connectivity index (χ2n) is 4.19. The summed E-state index contributed by atoms with van der Waals surface area (Å²) in [7, 11) is 1.61. The van der Waals surface area contributed by atoms with Gasteiger partial charge in [-0.25, -0.2) is 0 Å². The molecule has 0 aliphatic rings. The van der Waals surface area contributed by atoms with Crippen molar-refractivity contribution < 1.29 is 9.53 Å². The summed E-state index contributed by atoms with van der Waals surface area (Å²) in [6.45, 7) is 4.89. The van der Waals surface area contributed by atoms with Gasteiger partial charge in [-0.15, -0.1) is 0 Å². The van der Waals surface area contributed by atoms with Crippen molar-refractivity contribution in [3.8, 4) is 0 Å². The summed E-state index contributed by atoms with van der Waals surface area (Å²) in [5.74, 6) is 0.000605. The lowest BCUT2D eigenvalue weighted by atomic mass is 9.99. The van der Waals surface area contributed by atoms with Crippen LogP contribution in [0.4, 0.5) is 0 Å². The van der Waals surface area contributed by atoms with Crippen molar-refractivity contribution in [2.45, 2.75) is 26.4 Å². The lowest BCUT2D eigenvalue weighted by molar-refractivity contribution is 0.0925. The normalized spacial score (nSPS) is 13.1. The number of nitrogens with two attached hydrogens (primary N) is 1. The van der Waals surface area contributed by atoms with Crippen molar-refractivity contribution in [1.82, 2.24) is 9.78 Å². The fourth-order valence-corrected chi connectivity index (χ4v) is 1.91. The van der Waals surface area contributed by atoms with Crippen LogP contribution >= 0.6 is 15.9 Å². The van der Waals surface area contributed by atoms with E-state index in [1.807, 2.05) is 13.8 Å². The third kappa shape index (κ3) is 3.37. The monoisotopic (exact) mass is 303 g/mol. The molecule has 0 aliphatic heterocycles. The summed E-state index contributed by atoms with van der Waals surface area (Å²) >= 11 is 3.33. The molecule has 0 spiro atoms. The molecule has 0 radical (unpaired) electrons. The lowest BCUT2D eigenvalue weighted by Gasteiger charge is -2.15. The Morgan fingerprint density at radius 1 is 1.65 bits per heavy atom. The zero-order valence-corrected chi connectivity index (χ0v) is 11.9. The third-order valence-electron chi connectivity index (χ3n) is 2.56. The van der Waals surface area contributed by atoms with Crippen molar-refractivity contribution >= 4 is 21.7 Å². The maximum absolute atomic E-state index is 12.2. The molecule has 1 aromatic rings. The van der Waals surface area contributed by atoms with Gasteiger partial charge in [0, 0.05) is 7.11 Å². The Bertz CT molecular complexity index is 390. The average Bonchev–Trinajstić information content (AvgIpc) is 2.65. The molecule has 1 unspecified atom stereocenters. The molecule has 6 heteroatoms. The van der Waals surface area contributed by atoms with E-state index in [0.29, 0.717) is 23.3 Å². The Balaban J connectivity index is 2.95. The van der Waals surface area contributed by atoms with E-state index in [1.165, 1.54) is 0 Å². The molecule has 1 atom stereocenters. The van der Waals surface area contributed by atoms with E-state index >= 15 is 0 Å². The number of methoxy groups -OCH3 is 1. The van der Waals surface area contributed by atoms with E-state index in [4.69, 9.17) is 10.5 Å². The molecule has 0 bridgehead atoms. The van der Waals surface area contributed by atoms with Gasteiger partial charge in [0.2, 0.25) is 0 Å². The highest BCUT2D eigenvalue weighted by Gasteiger charge is 2.25. The molecule has 1 heterocycles. The van der Waals surface area contributed by atoms with Gasteiger partial charge in [0.15, 0.2) is 5.78 Å². The topological polar surface area (TPSA) is 70.1 Å². The molecule has 96 valence electrons. The number of ketones is 1. The van der Waals surface area contributed by atoms with Crippen molar-refractivity contribution in [3.63, 3.8) is 0 Å². The molecule has 5 nitrogen and oxygen atoms in total. The number of aromatic nitrogens is 2. The van der Waals surface area contributed by atoms with Crippen LogP contribution in [0.5, 0.6) is 0 Å². The van der Waals surface area contributed by atoms with Crippen LogP contribution in [0, 0.1) is 5.92 Å². The van der Waals surface area contributed by atoms with Gasteiger partial charge in [-0.1, -0.05) is 13.8 Å². The van der Waals surface area contributed by atoms with Gasteiger partial charge in [-0.2, -0.15) is 5.10 Å². The van der Waals surface area contributed by atoms with Crippen molar-refractivity contribution in [3.05, 3.63) is 16.4 Å². The molecule has 0 saturated carbocycles. The molecular weight excluding hydrogens is 286 g/mol. The highest BCUT2D eigenvalue weighted by molar-refractivity contribution is 9.10. The summed E-state index contributed by atoms with van der Waals surface area (Å²) in [5.41, 5.74) is 6.39. The van der Waals surface area contributed by atoms with Gasteiger partial charge >= 0.3 is 0 Å². The third-order valence-corrected chi connectivity index (χ3v) is 3.14. The minimum absolute atomic E-state index is 0.0968. The van der Waals surface area contributed by atoms with Gasteiger partial charge in [-0.05, 0) is 21.8 Å². The van der Waals surface area contributed by atoms with E-state index in [1.54, 1.807) is 18.0 Å². The van der Waals surface area contributed by atoms with Crippen LogP contribution in [-0.2, 0) is 11.3 Å². The highest BCUT2D eigenvalue weighted by Crippen LogP contribution is 2.19. The fraction of sp³-hybridized carbons (Fsp3) is 0.636. The van der Waals surface area contributed by atoms with Crippen molar-refractivity contribution in [1.29, 1.82) is 0 Å². The van der Waals surface area contributed by atoms with Crippen molar-refractivity contribution in [2.75, 3.05) is 13.7 Å². The van der Waals surface area contributed by atoms with Crippen LogP contribution in [0.3, 0.4) is 0 Å².